The molecule has 4 unspecified atom stereocenters. The van der Waals surface area contributed by atoms with Gasteiger partial charge < -0.3 is 15.8 Å². The first-order chi connectivity index (χ1) is 18.6. The number of hydrogen-bond donors (Lipinski definition) is 2. The normalized spacial score (nSPS) is 21.1. The van der Waals surface area contributed by atoms with Crippen LogP contribution >= 0.6 is 0 Å². The molecule has 9 nitrogen and oxygen atoms in total. The summed E-state index contributed by atoms with van der Waals surface area (Å²) >= 11 is 0. The minimum atomic E-state index is -3.70. The molecular weight excluding hydrogens is 542 g/mol. The second-order valence-electron chi connectivity index (χ2n) is 11.4. The van der Waals surface area contributed by atoms with E-state index in [0.717, 1.165) is 19.1 Å². The zero-order chi connectivity index (χ0) is 29.6. The van der Waals surface area contributed by atoms with Gasteiger partial charge in [-0.25, -0.2) is 22.0 Å². The number of carbonyl (C=O) groups excluding carboxylic acids is 2. The summed E-state index contributed by atoms with van der Waals surface area (Å²) in [5, 5.41) is 12.3. The molecule has 40 heavy (non-hydrogen) atoms. The molecule has 1 saturated heterocycles. The molecule has 1 aliphatic carbocycles. The molecule has 1 aliphatic heterocycles. The fraction of sp³-hybridized carbons (Fsp3) is 0.464. The van der Waals surface area contributed by atoms with Gasteiger partial charge >= 0.3 is 6.09 Å². The van der Waals surface area contributed by atoms with E-state index in [4.69, 9.17) is 10.5 Å². The van der Waals surface area contributed by atoms with Gasteiger partial charge in [-0.15, -0.1) is 0 Å². The molecule has 2 aliphatic rings. The van der Waals surface area contributed by atoms with E-state index in [1.54, 1.807) is 20.8 Å². The minimum absolute atomic E-state index is 0.0166. The van der Waals surface area contributed by atoms with Crippen molar-refractivity contribution in [2.45, 2.75) is 75.1 Å². The van der Waals surface area contributed by atoms with E-state index in [0.29, 0.717) is 6.42 Å². The van der Waals surface area contributed by atoms with Crippen LogP contribution in [-0.4, -0.2) is 55.3 Å². The number of nitrogens with zero attached hydrogens (tertiary/aromatic N) is 2. The summed E-state index contributed by atoms with van der Waals surface area (Å²) in [5.74, 6) is -3.08. The molecule has 2 amide bonds. The van der Waals surface area contributed by atoms with Crippen LogP contribution in [0.2, 0.25) is 0 Å². The van der Waals surface area contributed by atoms with Gasteiger partial charge in [0.2, 0.25) is 5.91 Å². The van der Waals surface area contributed by atoms with E-state index in [9.17, 15) is 23.3 Å². The lowest BCUT2D eigenvalue weighted by Crippen LogP contribution is -2.55. The van der Waals surface area contributed by atoms with Gasteiger partial charge in [-0.2, -0.15) is 5.26 Å². The Morgan fingerprint density at radius 2 is 1.90 bits per heavy atom. The summed E-state index contributed by atoms with van der Waals surface area (Å²) in [6.07, 6.45) is 2.20. The Morgan fingerprint density at radius 1 is 1.20 bits per heavy atom. The third-order valence-corrected chi connectivity index (χ3v) is 8.39. The Hall–Kier alpha value is -3.72. The number of nitrogen functional groups attached to an aromatic ring is 1. The lowest BCUT2D eigenvalue weighted by Gasteiger charge is -2.35. The Labute approximate surface area is 232 Å². The molecule has 2 fully saturated rings. The van der Waals surface area contributed by atoms with Crippen LogP contribution in [0.3, 0.4) is 0 Å². The van der Waals surface area contributed by atoms with Crippen molar-refractivity contribution in [1.29, 1.82) is 5.26 Å². The number of halogens is 2. The van der Waals surface area contributed by atoms with Gasteiger partial charge in [0.1, 0.15) is 17.7 Å². The summed E-state index contributed by atoms with van der Waals surface area (Å²) in [7, 11) is -3.70. The van der Waals surface area contributed by atoms with Crippen LogP contribution in [-0.2, 0) is 25.8 Å². The molecule has 2 aromatic carbocycles. The topological polar surface area (TPSA) is 143 Å². The Kier molecular flexibility index (Phi) is 7.82. The monoisotopic (exact) mass is 574 g/mol. The molecule has 3 N–H and O–H groups in total. The van der Waals surface area contributed by atoms with Crippen LogP contribution in [0.5, 0.6) is 0 Å². The number of fused-ring (bicyclic) bond motifs is 2. The zero-order valence-electron chi connectivity index (χ0n) is 22.7. The minimum Gasteiger partial charge on any atom is -0.444 e. The Bertz CT molecular complexity index is 1500. The van der Waals surface area contributed by atoms with Gasteiger partial charge in [-0.3, -0.25) is 9.69 Å². The molecular formula is C28H32F2N4O5S. The number of likely N-dealkylation sites (tertiary alicyclic amines) is 1. The zero-order valence-corrected chi connectivity index (χ0v) is 23.5. The summed E-state index contributed by atoms with van der Waals surface area (Å²) in [6.45, 7) is 5.20. The van der Waals surface area contributed by atoms with Gasteiger partial charge in [0, 0.05) is 24.3 Å². The number of benzene rings is 2. The summed E-state index contributed by atoms with van der Waals surface area (Å²) in [5.41, 5.74) is 4.75. The van der Waals surface area contributed by atoms with E-state index < -0.39 is 51.2 Å². The first-order valence-electron chi connectivity index (χ1n) is 12.9. The molecule has 0 radical (unpaired) electrons. The van der Waals surface area contributed by atoms with Gasteiger partial charge in [0.05, 0.1) is 16.7 Å². The lowest BCUT2D eigenvalue weighted by atomic mass is 9.96. The number of amides is 2. The van der Waals surface area contributed by atoms with E-state index in [-0.39, 0.29) is 45.7 Å². The molecule has 4 rings (SSSR count). The second kappa shape index (κ2) is 10.7. The fourth-order valence-corrected chi connectivity index (χ4v) is 6.34. The number of nitrogens with two attached hydrogens (primary N) is 1. The SMILES string of the molecule is CC(C)(C)OC(=O)N1C2CCC(C2)C1C(=O)NC(C#N)Cc1ccc(-c2ccc(N)c(S(C)(=O)=O)c2)c(F)c1F. The number of sulfone groups is 1. The maximum atomic E-state index is 15.1. The number of anilines is 1. The summed E-state index contributed by atoms with van der Waals surface area (Å²) in [4.78, 5) is 27.4. The van der Waals surface area contributed by atoms with Crippen molar-refractivity contribution in [2.24, 2.45) is 5.92 Å². The van der Waals surface area contributed by atoms with Crippen LogP contribution in [0.1, 0.15) is 45.6 Å². The molecule has 2 bridgehead atoms. The average molecular weight is 575 g/mol. The first kappa shape index (κ1) is 29.3. The first-order valence-corrected chi connectivity index (χ1v) is 14.8. The smallest absolute Gasteiger partial charge is 0.411 e. The van der Waals surface area contributed by atoms with Crippen LogP contribution < -0.4 is 11.1 Å². The van der Waals surface area contributed by atoms with Crippen LogP contribution in [0, 0.1) is 28.9 Å². The highest BCUT2D eigenvalue weighted by Crippen LogP contribution is 2.43. The van der Waals surface area contributed by atoms with Crippen molar-refractivity contribution < 1.29 is 31.5 Å². The van der Waals surface area contributed by atoms with Crippen molar-refractivity contribution in [3.8, 4) is 17.2 Å². The standard InChI is InChI=1S/C28H32F2N4O5S/c1-28(2,3)39-27(36)34-19-8-5-17(12-19)25(34)26(35)33-18(14-31)11-16-6-9-20(24(30)23(16)29)15-7-10-21(32)22(13-15)40(4,37)38/h6-7,9-10,13,17-19,25H,5,8,11-12,32H2,1-4H3,(H,33,35). The Morgan fingerprint density at radius 3 is 2.52 bits per heavy atom. The number of rotatable bonds is 6. The van der Waals surface area contributed by atoms with E-state index in [1.165, 1.54) is 35.2 Å². The van der Waals surface area contributed by atoms with E-state index in [1.807, 2.05) is 6.07 Å². The van der Waals surface area contributed by atoms with Crippen LogP contribution in [0.4, 0.5) is 19.3 Å². The largest absolute Gasteiger partial charge is 0.444 e. The molecule has 214 valence electrons. The van der Waals surface area contributed by atoms with E-state index in [2.05, 4.69) is 5.32 Å². The molecule has 1 saturated carbocycles. The quantitative estimate of drug-likeness (QED) is 0.497. The Balaban J connectivity index is 1.53. The van der Waals surface area contributed by atoms with Crippen molar-refractivity contribution in [2.75, 3.05) is 12.0 Å². The van der Waals surface area contributed by atoms with Crippen LogP contribution in [0.25, 0.3) is 11.1 Å². The van der Waals surface area contributed by atoms with Gasteiger partial charge in [-0.1, -0.05) is 18.2 Å². The predicted octanol–water partition coefficient (Wildman–Crippen LogP) is 3.96. The van der Waals surface area contributed by atoms with E-state index >= 15 is 8.78 Å². The number of ether oxygens (including phenoxy) is 1. The number of nitriles is 1. The molecule has 0 spiro atoms. The third kappa shape index (κ3) is 5.89. The van der Waals surface area contributed by atoms with Crippen molar-refractivity contribution in [3.63, 3.8) is 0 Å². The number of carbonyl (C=O) groups is 2. The van der Waals surface area contributed by atoms with Gasteiger partial charge in [0.15, 0.2) is 21.5 Å². The average Bonchev–Trinajstić information content (AvgIpc) is 3.47. The maximum Gasteiger partial charge on any atom is 0.411 e. The fourth-order valence-electron chi connectivity index (χ4n) is 5.50. The maximum absolute atomic E-state index is 15.1. The molecule has 2 aromatic rings. The molecule has 1 heterocycles. The highest BCUT2D eigenvalue weighted by atomic mass is 32.2. The van der Waals surface area contributed by atoms with Gasteiger partial charge in [-0.05, 0) is 69.2 Å². The van der Waals surface area contributed by atoms with Crippen LogP contribution in [0.15, 0.2) is 35.2 Å². The van der Waals surface area contributed by atoms with Crippen molar-refractivity contribution >= 4 is 27.5 Å². The highest BCUT2D eigenvalue weighted by Gasteiger charge is 2.52. The second-order valence-corrected chi connectivity index (χ2v) is 13.4. The summed E-state index contributed by atoms with van der Waals surface area (Å²) < 4.78 is 59.8. The van der Waals surface area contributed by atoms with Crippen molar-refractivity contribution in [1.82, 2.24) is 10.2 Å². The molecule has 12 heteroatoms. The third-order valence-electron chi connectivity index (χ3n) is 7.24. The number of piperidine rings is 1. The lowest BCUT2D eigenvalue weighted by molar-refractivity contribution is -0.128. The van der Waals surface area contributed by atoms with Gasteiger partial charge in [0.25, 0.3) is 0 Å². The molecule has 4 atom stereocenters. The van der Waals surface area contributed by atoms with Crippen molar-refractivity contribution in [3.05, 3.63) is 47.5 Å². The predicted molar refractivity (Wildman–Crippen MR) is 144 cm³/mol. The number of hydrogen-bond acceptors (Lipinski definition) is 7. The molecule has 0 aromatic heterocycles. The highest BCUT2D eigenvalue weighted by molar-refractivity contribution is 7.90. The number of nitrogens with one attached hydrogen (secondary N) is 1. The summed E-state index contributed by atoms with van der Waals surface area (Å²) in [6, 6.07) is 6.19.